The Balaban J connectivity index is 2.64. The van der Waals surface area contributed by atoms with Crippen LogP contribution in [0, 0.1) is 6.92 Å². The second kappa shape index (κ2) is 3.32. The molecule has 2 aromatic rings. The maximum atomic E-state index is 10.8. The van der Waals surface area contributed by atoms with E-state index in [1.165, 1.54) is 4.52 Å². The van der Waals surface area contributed by atoms with Gasteiger partial charge in [0.25, 0.3) is 0 Å². The first kappa shape index (κ1) is 9.60. The number of carbonyl (C=O) groups is 1. The van der Waals surface area contributed by atoms with E-state index in [9.17, 15) is 4.79 Å². The fourth-order valence-electron chi connectivity index (χ4n) is 1.39. The summed E-state index contributed by atoms with van der Waals surface area (Å²) in [4.78, 5) is 14.9. The molecule has 3 N–H and O–H groups in total. The van der Waals surface area contributed by atoms with Crippen molar-refractivity contribution in [2.45, 2.75) is 13.0 Å². The lowest BCUT2D eigenvalue weighted by atomic mass is 10.2. The summed E-state index contributed by atoms with van der Waals surface area (Å²) in [5, 5.41) is 12.9. The van der Waals surface area contributed by atoms with Crippen LogP contribution in [0.1, 0.15) is 17.6 Å². The lowest BCUT2D eigenvalue weighted by molar-refractivity contribution is -0.138. The average molecular weight is 206 g/mol. The number of aliphatic carboxylic acids is 1. The first-order valence-corrected chi connectivity index (χ1v) is 4.40. The molecule has 2 rings (SSSR count). The van der Waals surface area contributed by atoms with E-state index in [0.29, 0.717) is 17.2 Å². The van der Waals surface area contributed by atoms with Gasteiger partial charge >= 0.3 is 5.97 Å². The number of hydrogen-bond acceptors (Lipinski definition) is 4. The van der Waals surface area contributed by atoms with E-state index in [4.69, 9.17) is 10.8 Å². The highest BCUT2D eigenvalue weighted by Crippen LogP contribution is 2.12. The highest BCUT2D eigenvalue weighted by molar-refractivity contribution is 5.74. The molecule has 2 aromatic heterocycles. The van der Waals surface area contributed by atoms with Crippen molar-refractivity contribution in [3.63, 3.8) is 0 Å². The van der Waals surface area contributed by atoms with E-state index in [1.54, 1.807) is 25.1 Å². The number of carboxylic acids is 1. The number of nitrogens with zero attached hydrogens (tertiary/aromatic N) is 3. The molecule has 0 radical (unpaired) electrons. The molecular formula is C9H10N4O2. The second-order valence-electron chi connectivity index (χ2n) is 3.20. The topological polar surface area (TPSA) is 93.5 Å². The Morgan fingerprint density at radius 1 is 1.60 bits per heavy atom. The van der Waals surface area contributed by atoms with E-state index in [2.05, 4.69) is 10.1 Å². The van der Waals surface area contributed by atoms with Crippen LogP contribution in [0.4, 0.5) is 0 Å². The van der Waals surface area contributed by atoms with Crippen molar-refractivity contribution < 1.29 is 9.90 Å². The summed E-state index contributed by atoms with van der Waals surface area (Å²) >= 11 is 0. The van der Waals surface area contributed by atoms with Crippen molar-refractivity contribution >= 4 is 11.6 Å². The fourth-order valence-corrected chi connectivity index (χ4v) is 1.39. The van der Waals surface area contributed by atoms with Crippen LogP contribution in [0.15, 0.2) is 18.2 Å². The molecule has 0 aliphatic carbocycles. The van der Waals surface area contributed by atoms with Crippen LogP contribution in [0.2, 0.25) is 0 Å². The first-order valence-electron chi connectivity index (χ1n) is 4.40. The van der Waals surface area contributed by atoms with Crippen LogP contribution in [0.5, 0.6) is 0 Å². The zero-order chi connectivity index (χ0) is 11.0. The maximum Gasteiger partial charge on any atom is 0.326 e. The highest BCUT2D eigenvalue weighted by atomic mass is 16.4. The van der Waals surface area contributed by atoms with Gasteiger partial charge in [0.05, 0.1) is 5.69 Å². The monoisotopic (exact) mass is 206 g/mol. The Bertz CT molecular complexity index is 520. The quantitative estimate of drug-likeness (QED) is 0.728. The molecule has 6 nitrogen and oxygen atoms in total. The van der Waals surface area contributed by atoms with E-state index in [0.717, 1.165) is 0 Å². The number of hydrogen-bond donors (Lipinski definition) is 2. The van der Waals surface area contributed by atoms with Gasteiger partial charge in [0, 0.05) is 0 Å². The Labute approximate surface area is 85.3 Å². The fraction of sp³-hybridized carbons (Fsp3) is 0.222. The van der Waals surface area contributed by atoms with Gasteiger partial charge < -0.3 is 10.8 Å². The molecule has 0 aliphatic rings. The van der Waals surface area contributed by atoms with Crippen LogP contribution in [-0.2, 0) is 4.79 Å². The molecule has 1 unspecified atom stereocenters. The molecule has 1 atom stereocenters. The summed E-state index contributed by atoms with van der Waals surface area (Å²) in [6.07, 6.45) is 0. The third-order valence-electron chi connectivity index (χ3n) is 2.08. The van der Waals surface area contributed by atoms with E-state index in [-0.39, 0.29) is 0 Å². The minimum absolute atomic E-state index is 0.417. The Morgan fingerprint density at radius 2 is 2.33 bits per heavy atom. The largest absolute Gasteiger partial charge is 0.480 e. The third-order valence-corrected chi connectivity index (χ3v) is 2.08. The zero-order valence-electron chi connectivity index (χ0n) is 8.08. The zero-order valence-corrected chi connectivity index (χ0v) is 8.08. The summed E-state index contributed by atoms with van der Waals surface area (Å²) in [7, 11) is 0. The second-order valence-corrected chi connectivity index (χ2v) is 3.20. The average Bonchev–Trinajstić information content (AvgIpc) is 2.56. The van der Waals surface area contributed by atoms with Gasteiger partial charge in [0.1, 0.15) is 11.9 Å². The van der Waals surface area contributed by atoms with Gasteiger partial charge in [-0.3, -0.25) is 4.79 Å². The maximum absolute atomic E-state index is 10.8. The van der Waals surface area contributed by atoms with Crippen molar-refractivity contribution in [3.05, 3.63) is 29.7 Å². The van der Waals surface area contributed by atoms with Gasteiger partial charge in [-0.2, -0.15) is 5.10 Å². The molecule has 0 aliphatic heterocycles. The minimum atomic E-state index is -1.09. The normalized spacial score (nSPS) is 12.9. The Morgan fingerprint density at radius 3 is 3.00 bits per heavy atom. The minimum Gasteiger partial charge on any atom is -0.480 e. The lowest BCUT2D eigenvalue weighted by Crippen LogP contribution is -2.23. The predicted octanol–water partition coefficient (Wildman–Crippen LogP) is 0.122. The SMILES string of the molecule is Cc1nc2cccc(C(N)C(=O)O)n2n1. The first-order chi connectivity index (χ1) is 7.09. The number of rotatable bonds is 2. The third kappa shape index (κ3) is 1.55. The van der Waals surface area contributed by atoms with Gasteiger partial charge in [-0.1, -0.05) is 6.07 Å². The summed E-state index contributed by atoms with van der Waals surface area (Å²) in [6.45, 7) is 1.74. The van der Waals surface area contributed by atoms with Crippen LogP contribution in [0.3, 0.4) is 0 Å². The molecule has 2 heterocycles. The smallest absolute Gasteiger partial charge is 0.326 e. The lowest BCUT2D eigenvalue weighted by Gasteiger charge is -2.07. The van der Waals surface area contributed by atoms with Crippen molar-refractivity contribution in [3.8, 4) is 0 Å². The van der Waals surface area contributed by atoms with Crippen LogP contribution < -0.4 is 5.73 Å². The highest BCUT2D eigenvalue weighted by Gasteiger charge is 2.18. The van der Waals surface area contributed by atoms with Gasteiger partial charge in [-0.25, -0.2) is 9.50 Å². The van der Waals surface area contributed by atoms with E-state index >= 15 is 0 Å². The molecule has 0 saturated heterocycles. The molecule has 0 bridgehead atoms. The standard InChI is InChI=1S/C9H10N4O2/c1-5-11-7-4-2-3-6(13(7)12-5)8(10)9(14)15/h2-4,8H,10H2,1H3,(H,14,15). The number of carboxylic acid groups (broad SMARTS) is 1. The van der Waals surface area contributed by atoms with Crippen LogP contribution in [0.25, 0.3) is 5.65 Å². The molecular weight excluding hydrogens is 196 g/mol. The number of aromatic nitrogens is 3. The molecule has 0 aromatic carbocycles. The summed E-state index contributed by atoms with van der Waals surface area (Å²) in [6, 6.07) is 3.99. The summed E-state index contributed by atoms with van der Waals surface area (Å²) < 4.78 is 1.45. The molecule has 0 fully saturated rings. The van der Waals surface area contributed by atoms with E-state index < -0.39 is 12.0 Å². The summed E-state index contributed by atoms with van der Waals surface area (Å²) in [5.41, 5.74) is 6.54. The van der Waals surface area contributed by atoms with Gasteiger partial charge in [-0.15, -0.1) is 0 Å². The molecule has 0 amide bonds. The van der Waals surface area contributed by atoms with Crippen LogP contribution >= 0.6 is 0 Å². The molecule has 0 saturated carbocycles. The number of fused-ring (bicyclic) bond motifs is 1. The van der Waals surface area contributed by atoms with Gasteiger partial charge in [0.2, 0.25) is 0 Å². The number of pyridine rings is 1. The van der Waals surface area contributed by atoms with Crippen molar-refractivity contribution in [2.24, 2.45) is 5.73 Å². The van der Waals surface area contributed by atoms with Crippen LogP contribution in [-0.4, -0.2) is 25.7 Å². The van der Waals surface area contributed by atoms with Crippen molar-refractivity contribution in [2.75, 3.05) is 0 Å². The summed E-state index contributed by atoms with van der Waals surface area (Å²) in [5.74, 6) is -0.504. The van der Waals surface area contributed by atoms with Crippen molar-refractivity contribution in [1.82, 2.24) is 14.6 Å². The Kier molecular flexibility index (Phi) is 2.12. The molecule has 78 valence electrons. The van der Waals surface area contributed by atoms with Crippen molar-refractivity contribution in [1.29, 1.82) is 0 Å². The number of aryl methyl sites for hydroxylation is 1. The van der Waals surface area contributed by atoms with Gasteiger partial charge in [0.15, 0.2) is 5.65 Å². The van der Waals surface area contributed by atoms with Gasteiger partial charge in [-0.05, 0) is 19.1 Å². The number of nitrogens with two attached hydrogens (primary N) is 1. The molecule has 0 spiro atoms. The predicted molar refractivity (Wildman–Crippen MR) is 52.3 cm³/mol. The molecule has 6 heteroatoms. The Hall–Kier alpha value is -1.95. The van der Waals surface area contributed by atoms with E-state index in [1.807, 2.05) is 0 Å². The molecule has 15 heavy (non-hydrogen) atoms.